The minimum Gasteiger partial charge on any atom is -0.497 e. The van der Waals surface area contributed by atoms with Crippen molar-refractivity contribution >= 4 is 17.5 Å². The molecule has 1 fully saturated rings. The maximum absolute atomic E-state index is 14.7. The van der Waals surface area contributed by atoms with E-state index in [4.69, 9.17) is 4.74 Å². The number of aliphatic hydroxyl groups is 2. The molecule has 2 bridgehead atoms. The number of ether oxygens (including phenoxy) is 1. The number of hydrogen-bond donors (Lipinski definition) is 3. The van der Waals surface area contributed by atoms with Crippen LogP contribution < -0.4 is 10.1 Å². The third-order valence-corrected chi connectivity index (χ3v) is 12.5. The molecule has 1 saturated carbocycles. The van der Waals surface area contributed by atoms with Crippen LogP contribution in [-0.4, -0.2) is 52.3 Å². The highest BCUT2D eigenvalue weighted by molar-refractivity contribution is 6.10. The lowest BCUT2D eigenvalue weighted by molar-refractivity contribution is -0.0773. The van der Waals surface area contributed by atoms with Gasteiger partial charge in [0.1, 0.15) is 5.75 Å². The quantitative estimate of drug-likeness (QED) is 0.103. The fraction of sp³-hybridized carbons (Fsp3) is 0.320. The second-order valence-corrected chi connectivity index (χ2v) is 16.2. The molecule has 294 valence electrons. The van der Waals surface area contributed by atoms with Crippen molar-refractivity contribution in [3.8, 4) is 16.9 Å². The van der Waals surface area contributed by atoms with Crippen molar-refractivity contribution in [3.63, 3.8) is 0 Å². The second-order valence-electron chi connectivity index (χ2n) is 16.2. The van der Waals surface area contributed by atoms with E-state index in [9.17, 15) is 19.8 Å². The summed E-state index contributed by atoms with van der Waals surface area (Å²) in [5.41, 5.74) is 5.93. The van der Waals surface area contributed by atoms with E-state index in [2.05, 4.69) is 43.4 Å². The molecule has 57 heavy (non-hydrogen) atoms. The molecule has 0 spiro atoms. The van der Waals surface area contributed by atoms with Gasteiger partial charge in [-0.25, -0.2) is 4.79 Å². The molecule has 0 aliphatic heterocycles. The van der Waals surface area contributed by atoms with Crippen LogP contribution in [0.2, 0.25) is 0 Å². The lowest BCUT2D eigenvalue weighted by atomic mass is 9.64. The molecule has 8 rings (SSSR count). The average molecular weight is 763 g/mol. The lowest BCUT2D eigenvalue weighted by Gasteiger charge is -2.46. The van der Waals surface area contributed by atoms with Crippen LogP contribution in [0.3, 0.4) is 0 Å². The van der Waals surface area contributed by atoms with E-state index in [1.807, 2.05) is 97.1 Å². The van der Waals surface area contributed by atoms with Crippen LogP contribution in [0.25, 0.3) is 11.1 Å². The maximum Gasteiger partial charge on any atom is 0.322 e. The van der Waals surface area contributed by atoms with Crippen LogP contribution in [-0.2, 0) is 13.0 Å². The summed E-state index contributed by atoms with van der Waals surface area (Å²) in [6.45, 7) is 4.68. The Hall–Kier alpha value is -5.50. The number of ketones is 1. The number of aliphatic hydroxyl groups excluding tert-OH is 1. The van der Waals surface area contributed by atoms with Crippen LogP contribution >= 0.6 is 0 Å². The number of amides is 2. The molecule has 2 amide bonds. The molecule has 0 saturated heterocycles. The SMILES string of the molecule is COc1ccc(NC(=O)N(Cc2ccccc2)CC2(O)CCC3c4ccc(cc4C(=O)c4ccc(-c5ccccc5)cc4)CC(O)CCC(C)=CCCC32C)cc1. The number of rotatable bonds is 9. The van der Waals surface area contributed by atoms with Gasteiger partial charge in [-0.15, -0.1) is 0 Å². The second kappa shape index (κ2) is 17.3. The summed E-state index contributed by atoms with van der Waals surface area (Å²) in [6, 6.07) is 40.8. The van der Waals surface area contributed by atoms with Gasteiger partial charge in [0.25, 0.3) is 0 Å². The number of fused-ring (bicyclic) bond motifs is 8. The first-order valence-corrected chi connectivity index (χ1v) is 20.2. The first-order chi connectivity index (χ1) is 27.5. The minimum atomic E-state index is -1.28. The molecule has 3 N–H and O–H groups in total. The molecule has 0 heterocycles. The van der Waals surface area contributed by atoms with Crippen LogP contribution in [0.5, 0.6) is 5.75 Å². The summed E-state index contributed by atoms with van der Waals surface area (Å²) in [5.74, 6) is 0.438. The molecule has 4 unspecified atom stereocenters. The molecule has 5 aromatic carbocycles. The van der Waals surface area contributed by atoms with E-state index in [1.165, 1.54) is 5.57 Å². The van der Waals surface area contributed by atoms with Crippen molar-refractivity contribution < 1.29 is 24.5 Å². The van der Waals surface area contributed by atoms with Crippen LogP contribution in [0.15, 0.2) is 139 Å². The first kappa shape index (κ1) is 39.7. The molecule has 4 atom stereocenters. The summed E-state index contributed by atoms with van der Waals surface area (Å²) >= 11 is 0. The van der Waals surface area contributed by atoms with Gasteiger partial charge < -0.3 is 25.2 Å². The number of anilines is 1. The molecule has 7 nitrogen and oxygen atoms in total. The first-order valence-electron chi connectivity index (χ1n) is 20.2. The van der Waals surface area contributed by atoms with E-state index in [0.717, 1.165) is 40.7 Å². The fourth-order valence-corrected chi connectivity index (χ4v) is 8.99. The van der Waals surface area contributed by atoms with Gasteiger partial charge >= 0.3 is 6.03 Å². The maximum atomic E-state index is 14.7. The third kappa shape index (κ3) is 8.90. The highest BCUT2D eigenvalue weighted by Gasteiger charge is 2.57. The number of benzene rings is 5. The molecular formula is C50H54N2O5. The van der Waals surface area contributed by atoms with E-state index < -0.39 is 17.1 Å². The van der Waals surface area contributed by atoms with Gasteiger partial charge in [-0.1, -0.05) is 116 Å². The van der Waals surface area contributed by atoms with Crippen molar-refractivity contribution in [2.45, 2.75) is 83.0 Å². The fourth-order valence-electron chi connectivity index (χ4n) is 8.99. The molecule has 3 aliphatic rings. The van der Waals surface area contributed by atoms with Crippen LogP contribution in [0, 0.1) is 5.41 Å². The zero-order valence-electron chi connectivity index (χ0n) is 33.3. The predicted octanol–water partition coefficient (Wildman–Crippen LogP) is 10.4. The van der Waals surface area contributed by atoms with Gasteiger partial charge in [0, 0.05) is 28.8 Å². The van der Waals surface area contributed by atoms with Gasteiger partial charge in [-0.05, 0) is 116 Å². The minimum absolute atomic E-state index is 0.0776. The van der Waals surface area contributed by atoms with E-state index in [-0.39, 0.29) is 24.3 Å². The number of allylic oxidation sites excluding steroid dienone is 2. The van der Waals surface area contributed by atoms with E-state index in [0.29, 0.717) is 61.2 Å². The number of hydrogen-bond acceptors (Lipinski definition) is 5. The van der Waals surface area contributed by atoms with E-state index >= 15 is 0 Å². The summed E-state index contributed by atoms with van der Waals surface area (Å²) in [6.07, 6.45) is 6.00. The number of carbonyl (C=O) groups excluding carboxylic acids is 2. The number of carbonyl (C=O) groups is 2. The Morgan fingerprint density at radius 3 is 2.23 bits per heavy atom. The number of nitrogens with zero attached hydrogens (tertiary/aromatic N) is 1. The van der Waals surface area contributed by atoms with E-state index in [1.54, 1.807) is 24.1 Å². The standard InChI is InChI=1S/C50H54N2O5/c1-35-11-10-29-49(2)46(28-30-50(49,56)34-52(33-36-12-6-4-7-13-36)48(55)51-41-22-25-43(57-3)26-23-41)44-27-17-37(31-42(53)24-16-35)32-45(44)47(54)40-20-18-39(19-21-40)38-14-8-5-9-15-38/h4-9,11-15,17-23,25-27,32,42,46,53,56H,10,16,24,28-31,33-34H2,1-3H3,(H,51,55). The zero-order valence-corrected chi connectivity index (χ0v) is 33.3. The van der Waals surface area contributed by atoms with Gasteiger partial charge in [-0.2, -0.15) is 0 Å². The van der Waals surface area contributed by atoms with Gasteiger partial charge in [0.15, 0.2) is 5.78 Å². The predicted molar refractivity (Wildman–Crippen MR) is 228 cm³/mol. The Morgan fingerprint density at radius 2 is 1.53 bits per heavy atom. The average Bonchev–Trinajstić information content (AvgIpc) is 3.48. The van der Waals surface area contributed by atoms with Gasteiger partial charge in [0.05, 0.1) is 25.4 Å². The molecule has 5 aromatic rings. The molecular weight excluding hydrogens is 709 g/mol. The Kier molecular flexibility index (Phi) is 12.1. The molecule has 0 radical (unpaired) electrons. The molecule has 7 heteroatoms. The van der Waals surface area contributed by atoms with Gasteiger partial charge in [-0.3, -0.25) is 4.79 Å². The normalized spacial score (nSPS) is 22.2. The molecule has 3 aliphatic carbocycles. The monoisotopic (exact) mass is 762 g/mol. The Bertz CT molecular complexity index is 2180. The number of nitrogens with one attached hydrogen (secondary N) is 1. The van der Waals surface area contributed by atoms with Crippen molar-refractivity contribution in [2.24, 2.45) is 5.41 Å². The number of urea groups is 1. The van der Waals surface area contributed by atoms with Crippen molar-refractivity contribution in [2.75, 3.05) is 19.0 Å². The largest absolute Gasteiger partial charge is 0.497 e. The Labute approximate surface area is 337 Å². The van der Waals surface area contributed by atoms with Crippen LogP contribution in [0.4, 0.5) is 10.5 Å². The zero-order chi connectivity index (χ0) is 40.0. The van der Waals surface area contributed by atoms with Gasteiger partial charge in [0.2, 0.25) is 0 Å². The summed E-state index contributed by atoms with van der Waals surface area (Å²) in [4.78, 5) is 30.6. The van der Waals surface area contributed by atoms with Crippen molar-refractivity contribution in [1.82, 2.24) is 4.90 Å². The summed E-state index contributed by atoms with van der Waals surface area (Å²) < 4.78 is 5.32. The Balaban J connectivity index is 1.27. The highest BCUT2D eigenvalue weighted by atomic mass is 16.5. The van der Waals surface area contributed by atoms with Crippen molar-refractivity contribution in [3.05, 3.63) is 167 Å². The Morgan fingerprint density at radius 1 is 0.842 bits per heavy atom. The number of methoxy groups -OCH3 is 1. The van der Waals surface area contributed by atoms with Crippen molar-refractivity contribution in [1.29, 1.82) is 0 Å². The highest BCUT2D eigenvalue weighted by Crippen LogP contribution is 2.59. The topological polar surface area (TPSA) is 99.1 Å². The van der Waals surface area contributed by atoms with Crippen LogP contribution in [0.1, 0.15) is 90.9 Å². The molecule has 0 aromatic heterocycles. The summed E-state index contributed by atoms with van der Waals surface area (Å²) in [7, 11) is 1.61. The lowest BCUT2D eigenvalue weighted by Crippen LogP contribution is -2.54. The summed E-state index contributed by atoms with van der Waals surface area (Å²) in [5, 5.41) is 27.3. The smallest absolute Gasteiger partial charge is 0.322 e. The third-order valence-electron chi connectivity index (χ3n) is 12.5.